The molecule has 0 aliphatic carbocycles. The number of thiophene rings is 1. The summed E-state index contributed by atoms with van der Waals surface area (Å²) in [5, 5.41) is 13.1. The molecule has 0 spiro atoms. The lowest BCUT2D eigenvalue weighted by Crippen LogP contribution is -2.29. The minimum atomic E-state index is -0.710. The predicted molar refractivity (Wildman–Crippen MR) is 123 cm³/mol. The summed E-state index contributed by atoms with van der Waals surface area (Å²) in [5.74, 6) is -0.948. The molecule has 1 fully saturated rings. The van der Waals surface area contributed by atoms with E-state index in [0.717, 1.165) is 22.4 Å². The number of ketones is 1. The average molecular weight is 434 g/mol. The summed E-state index contributed by atoms with van der Waals surface area (Å²) >= 11 is 1.46. The molecule has 1 atom stereocenters. The molecule has 0 bridgehead atoms. The number of aliphatic hydroxyl groups excluding tert-OH is 1. The van der Waals surface area contributed by atoms with E-state index in [1.807, 2.05) is 37.4 Å². The first-order valence-corrected chi connectivity index (χ1v) is 10.9. The summed E-state index contributed by atoms with van der Waals surface area (Å²) in [6.45, 7) is 3.99. The van der Waals surface area contributed by atoms with Gasteiger partial charge in [-0.25, -0.2) is 0 Å². The highest BCUT2D eigenvalue weighted by molar-refractivity contribution is 7.10. The highest BCUT2D eigenvalue weighted by atomic mass is 32.1. The molecule has 0 radical (unpaired) electrons. The van der Waals surface area contributed by atoms with Crippen LogP contribution in [0.15, 0.2) is 65.6 Å². The lowest BCUT2D eigenvalue weighted by molar-refractivity contribution is -0.132. The van der Waals surface area contributed by atoms with Gasteiger partial charge >= 0.3 is 0 Å². The Labute approximate surface area is 185 Å². The molecule has 2 aromatic carbocycles. The van der Waals surface area contributed by atoms with Crippen LogP contribution in [0.4, 0.5) is 5.69 Å². The number of rotatable bonds is 5. The molecule has 5 nitrogen and oxygen atoms in total. The number of methoxy groups -OCH3 is 1. The van der Waals surface area contributed by atoms with Crippen LogP contribution in [0, 0.1) is 6.92 Å². The van der Waals surface area contributed by atoms with E-state index in [4.69, 9.17) is 4.74 Å². The normalized spacial score (nSPS) is 17.9. The van der Waals surface area contributed by atoms with Crippen molar-refractivity contribution >= 4 is 34.5 Å². The molecule has 158 valence electrons. The maximum atomic E-state index is 13.2. The van der Waals surface area contributed by atoms with Gasteiger partial charge in [0.05, 0.1) is 12.7 Å². The standard InChI is InChI=1S/C25H23NO4S/c1-4-16-8-10-17(11-9-16)22(27)20-21(24-15(2)12-13-31-24)26(25(29)23(20)28)18-6-5-7-19(14-18)30-3/h5-14,21,27H,4H2,1-3H3/b22-20-. The van der Waals surface area contributed by atoms with Gasteiger partial charge in [0.2, 0.25) is 0 Å². The van der Waals surface area contributed by atoms with Crippen LogP contribution in [0.1, 0.15) is 34.5 Å². The molecule has 1 aliphatic rings. The van der Waals surface area contributed by atoms with Gasteiger partial charge in [-0.15, -0.1) is 11.3 Å². The van der Waals surface area contributed by atoms with Gasteiger partial charge in [0.15, 0.2) is 0 Å². The predicted octanol–water partition coefficient (Wildman–Crippen LogP) is 5.25. The van der Waals surface area contributed by atoms with Crippen LogP contribution in [0.25, 0.3) is 5.76 Å². The monoisotopic (exact) mass is 433 g/mol. The average Bonchev–Trinajstić information content (AvgIpc) is 3.33. The van der Waals surface area contributed by atoms with Gasteiger partial charge in [-0.3, -0.25) is 14.5 Å². The Morgan fingerprint density at radius 2 is 1.87 bits per heavy atom. The molecule has 2 heterocycles. The number of carbonyl (C=O) groups excluding carboxylic acids is 2. The lowest BCUT2D eigenvalue weighted by atomic mass is 9.97. The Morgan fingerprint density at radius 3 is 2.48 bits per heavy atom. The van der Waals surface area contributed by atoms with E-state index in [2.05, 4.69) is 0 Å². The molecule has 31 heavy (non-hydrogen) atoms. The lowest BCUT2D eigenvalue weighted by Gasteiger charge is -2.25. The van der Waals surface area contributed by atoms with Crippen molar-refractivity contribution in [2.45, 2.75) is 26.3 Å². The van der Waals surface area contributed by atoms with E-state index in [-0.39, 0.29) is 11.3 Å². The maximum absolute atomic E-state index is 13.2. The number of anilines is 1. The number of Topliss-reactive ketones (excluding diaryl/α,β-unsaturated/α-hetero) is 1. The molecule has 4 rings (SSSR count). The first-order chi connectivity index (χ1) is 15.0. The number of aryl methyl sites for hydroxylation is 2. The van der Waals surface area contributed by atoms with Gasteiger partial charge in [0.1, 0.15) is 17.6 Å². The van der Waals surface area contributed by atoms with Crippen molar-refractivity contribution in [3.8, 4) is 5.75 Å². The number of carbonyl (C=O) groups is 2. The second kappa shape index (κ2) is 8.40. The van der Waals surface area contributed by atoms with Crippen LogP contribution in [-0.4, -0.2) is 23.9 Å². The van der Waals surface area contributed by atoms with E-state index in [1.54, 1.807) is 43.5 Å². The molecular formula is C25H23NO4S. The van der Waals surface area contributed by atoms with Crippen molar-refractivity contribution in [1.29, 1.82) is 0 Å². The molecule has 6 heteroatoms. The van der Waals surface area contributed by atoms with Crippen LogP contribution in [0.2, 0.25) is 0 Å². The molecule has 1 amide bonds. The number of benzene rings is 2. The van der Waals surface area contributed by atoms with Crippen molar-refractivity contribution in [2.75, 3.05) is 12.0 Å². The van der Waals surface area contributed by atoms with Crippen molar-refractivity contribution < 1.29 is 19.4 Å². The SMILES string of the molecule is CCc1ccc(/C(O)=C2/C(=O)C(=O)N(c3cccc(OC)c3)C2c2sccc2C)cc1. The van der Waals surface area contributed by atoms with Crippen molar-refractivity contribution in [3.05, 3.63) is 87.1 Å². The third kappa shape index (κ3) is 3.64. The minimum absolute atomic E-state index is 0.0996. The molecule has 1 N–H and O–H groups in total. The first kappa shape index (κ1) is 20.9. The third-order valence-electron chi connectivity index (χ3n) is 5.56. The Bertz CT molecular complexity index is 1180. The molecule has 0 saturated carbocycles. The fourth-order valence-corrected chi connectivity index (χ4v) is 4.85. The van der Waals surface area contributed by atoms with Gasteiger partial charge in [0, 0.05) is 22.2 Å². The summed E-state index contributed by atoms with van der Waals surface area (Å²) in [6.07, 6.45) is 0.871. The molecule has 1 unspecified atom stereocenters. The van der Waals surface area contributed by atoms with Gasteiger partial charge < -0.3 is 9.84 Å². The minimum Gasteiger partial charge on any atom is -0.507 e. The number of hydrogen-bond donors (Lipinski definition) is 1. The van der Waals surface area contributed by atoms with Crippen LogP contribution in [-0.2, 0) is 16.0 Å². The quantitative estimate of drug-likeness (QED) is 0.339. The number of amides is 1. The Kier molecular flexibility index (Phi) is 5.65. The number of ether oxygens (including phenoxy) is 1. The summed E-state index contributed by atoms with van der Waals surface area (Å²) in [4.78, 5) is 28.6. The maximum Gasteiger partial charge on any atom is 0.300 e. The summed E-state index contributed by atoms with van der Waals surface area (Å²) in [7, 11) is 1.55. The number of nitrogens with zero attached hydrogens (tertiary/aromatic N) is 1. The molecule has 3 aromatic rings. The van der Waals surface area contributed by atoms with Crippen LogP contribution in [0.5, 0.6) is 5.75 Å². The van der Waals surface area contributed by atoms with Crippen LogP contribution in [0.3, 0.4) is 0 Å². The highest BCUT2D eigenvalue weighted by Gasteiger charge is 2.48. The third-order valence-corrected chi connectivity index (χ3v) is 6.63. The second-order valence-corrected chi connectivity index (χ2v) is 8.34. The van der Waals surface area contributed by atoms with Gasteiger partial charge in [-0.05, 0) is 48.1 Å². The van der Waals surface area contributed by atoms with E-state index >= 15 is 0 Å². The van der Waals surface area contributed by atoms with Gasteiger partial charge in [-0.1, -0.05) is 37.3 Å². The van der Waals surface area contributed by atoms with Crippen molar-refractivity contribution in [3.63, 3.8) is 0 Å². The van der Waals surface area contributed by atoms with Crippen LogP contribution < -0.4 is 9.64 Å². The van der Waals surface area contributed by atoms with Crippen molar-refractivity contribution in [2.24, 2.45) is 0 Å². The zero-order valence-electron chi connectivity index (χ0n) is 17.6. The smallest absolute Gasteiger partial charge is 0.300 e. The Morgan fingerprint density at radius 1 is 1.13 bits per heavy atom. The zero-order valence-corrected chi connectivity index (χ0v) is 18.4. The molecule has 1 aromatic heterocycles. The molecular weight excluding hydrogens is 410 g/mol. The van der Waals surface area contributed by atoms with Crippen LogP contribution >= 0.6 is 11.3 Å². The fourth-order valence-electron chi connectivity index (χ4n) is 3.83. The fraction of sp³-hybridized carbons (Fsp3) is 0.200. The van der Waals surface area contributed by atoms with E-state index in [1.165, 1.54) is 16.2 Å². The Hall–Kier alpha value is -3.38. The summed E-state index contributed by atoms with van der Waals surface area (Å²) in [5.41, 5.74) is 3.23. The topological polar surface area (TPSA) is 66.8 Å². The van der Waals surface area contributed by atoms with E-state index in [0.29, 0.717) is 17.0 Å². The Balaban J connectivity index is 1.92. The first-order valence-electron chi connectivity index (χ1n) is 10.0. The number of aliphatic hydroxyl groups is 1. The second-order valence-electron chi connectivity index (χ2n) is 7.39. The summed E-state index contributed by atoms with van der Waals surface area (Å²) in [6, 6.07) is 15.7. The zero-order chi connectivity index (χ0) is 22.1. The van der Waals surface area contributed by atoms with E-state index in [9.17, 15) is 14.7 Å². The van der Waals surface area contributed by atoms with Gasteiger partial charge in [-0.2, -0.15) is 0 Å². The molecule has 1 aliphatic heterocycles. The summed E-state index contributed by atoms with van der Waals surface area (Å²) < 4.78 is 5.31. The van der Waals surface area contributed by atoms with E-state index < -0.39 is 17.7 Å². The highest BCUT2D eigenvalue weighted by Crippen LogP contribution is 2.45. The largest absolute Gasteiger partial charge is 0.507 e. The van der Waals surface area contributed by atoms with Gasteiger partial charge in [0.25, 0.3) is 11.7 Å². The van der Waals surface area contributed by atoms with Crippen molar-refractivity contribution in [1.82, 2.24) is 0 Å². The number of hydrogen-bond acceptors (Lipinski definition) is 5. The molecule has 1 saturated heterocycles.